The molecule has 4 rings (SSSR count). The summed E-state index contributed by atoms with van der Waals surface area (Å²) in [4.78, 5) is 18.1. The number of halogens is 1. The van der Waals surface area contributed by atoms with Gasteiger partial charge in [-0.25, -0.2) is 9.37 Å². The number of rotatable bonds is 10. The highest BCUT2D eigenvalue weighted by molar-refractivity contribution is 7.85. The van der Waals surface area contributed by atoms with E-state index in [9.17, 15) is 22.2 Å². The number of ether oxygens (including phenoxy) is 1. The Morgan fingerprint density at radius 3 is 2.54 bits per heavy atom. The third kappa shape index (κ3) is 5.37. The fourth-order valence-electron chi connectivity index (χ4n) is 4.56. The van der Waals surface area contributed by atoms with Crippen LogP contribution in [0, 0.1) is 0 Å². The largest absolute Gasteiger partial charge is 0.473 e. The lowest BCUT2D eigenvalue weighted by Crippen LogP contribution is -2.60. The molecule has 1 aromatic heterocycles. The molecule has 0 bridgehead atoms. The minimum Gasteiger partial charge on any atom is -0.473 e. The van der Waals surface area contributed by atoms with Crippen molar-refractivity contribution in [3.05, 3.63) is 77.7 Å². The summed E-state index contributed by atoms with van der Waals surface area (Å²) in [6.07, 6.45) is 0.430. The molecule has 3 aromatic rings. The van der Waals surface area contributed by atoms with Crippen LogP contribution in [0.15, 0.2) is 65.8 Å². The highest BCUT2D eigenvalue weighted by Gasteiger charge is 2.44. The average molecular weight is 503 g/mol. The van der Waals surface area contributed by atoms with Crippen LogP contribution in [0.5, 0.6) is 5.75 Å². The number of primary amides is 1. The summed E-state index contributed by atoms with van der Waals surface area (Å²) in [6, 6.07) is 17.3. The second-order valence-electron chi connectivity index (χ2n) is 8.79. The maximum atomic E-state index is 12.9. The summed E-state index contributed by atoms with van der Waals surface area (Å²) in [5, 5.41) is -0.608. The van der Waals surface area contributed by atoms with Crippen molar-refractivity contribution < 1.29 is 26.9 Å². The minimum absolute atomic E-state index is 0.0627. The summed E-state index contributed by atoms with van der Waals surface area (Å²) >= 11 is 0. The van der Waals surface area contributed by atoms with E-state index in [2.05, 4.69) is 17.1 Å². The number of aryl methyl sites for hydroxylation is 1. The number of carbonyl (C=O) groups excluding carboxylic acids is 1. The number of aromatic nitrogens is 2. The van der Waals surface area contributed by atoms with Crippen LogP contribution in [0.4, 0.5) is 4.39 Å². The summed E-state index contributed by atoms with van der Waals surface area (Å²) in [7, 11) is -3.10. The van der Waals surface area contributed by atoms with E-state index in [4.69, 9.17) is 10.5 Å². The Morgan fingerprint density at radius 2 is 1.94 bits per heavy atom. The van der Waals surface area contributed by atoms with Gasteiger partial charge in [-0.1, -0.05) is 42.5 Å². The number of nitrogens with two attached hydrogens (primary N) is 1. The van der Waals surface area contributed by atoms with Crippen molar-refractivity contribution >= 4 is 16.0 Å². The van der Waals surface area contributed by atoms with Gasteiger partial charge in [0.05, 0.1) is 0 Å². The second-order valence-corrected chi connectivity index (χ2v) is 10.2. The first-order valence-corrected chi connectivity index (χ1v) is 12.4. The van der Waals surface area contributed by atoms with Gasteiger partial charge in [0.2, 0.25) is 11.1 Å². The lowest BCUT2D eigenvalue weighted by molar-refractivity contribution is -0.125. The van der Waals surface area contributed by atoms with E-state index in [0.717, 1.165) is 23.7 Å². The van der Waals surface area contributed by atoms with E-state index < -0.39 is 33.8 Å². The zero-order valence-electron chi connectivity index (χ0n) is 19.2. The van der Waals surface area contributed by atoms with Crippen LogP contribution in [-0.4, -0.2) is 59.6 Å². The monoisotopic (exact) mass is 502 g/mol. The first-order valence-electron chi connectivity index (χ1n) is 11.0. The van der Waals surface area contributed by atoms with E-state index in [1.165, 1.54) is 11.6 Å². The number of amides is 1. The van der Waals surface area contributed by atoms with Crippen LogP contribution >= 0.6 is 0 Å². The molecular formula is C24H27FN4O5S. The zero-order valence-corrected chi connectivity index (χ0v) is 20.0. The fourth-order valence-corrected chi connectivity index (χ4v) is 5.06. The topological polar surface area (TPSA) is 128 Å². The molecule has 11 heteroatoms. The van der Waals surface area contributed by atoms with Gasteiger partial charge in [-0.2, -0.15) is 8.42 Å². The Bertz CT molecular complexity index is 1310. The summed E-state index contributed by atoms with van der Waals surface area (Å²) in [6.45, 7) is 1.29. The van der Waals surface area contributed by atoms with E-state index in [1.54, 1.807) is 12.1 Å². The second kappa shape index (κ2) is 9.76. The lowest BCUT2D eigenvalue weighted by Gasteiger charge is -2.51. The van der Waals surface area contributed by atoms with E-state index >= 15 is 0 Å². The molecule has 1 fully saturated rings. The maximum absolute atomic E-state index is 12.9. The molecule has 9 nitrogen and oxygen atoms in total. The van der Waals surface area contributed by atoms with Crippen LogP contribution in [0.1, 0.15) is 23.1 Å². The molecule has 0 aliphatic carbocycles. The van der Waals surface area contributed by atoms with Gasteiger partial charge in [0, 0.05) is 38.3 Å². The molecule has 1 saturated heterocycles. The summed E-state index contributed by atoms with van der Waals surface area (Å²) in [5.41, 5.74) is 7.40. The molecule has 35 heavy (non-hydrogen) atoms. The van der Waals surface area contributed by atoms with E-state index in [1.807, 2.05) is 35.2 Å². The molecule has 186 valence electrons. The van der Waals surface area contributed by atoms with Gasteiger partial charge in [0.25, 0.3) is 5.91 Å². The number of carbonyl (C=O) groups is 1. The standard InChI is InChI=1S/C24H27FN4O5S/c1-28-14-20(35(31,32)33)27-23(28)21(22(26)30)34-19-9-5-8-18(12-19)24(15-29(16-24)11-10-25)13-17-6-3-2-4-7-17/h2-9,12,14,21H,10-11,13,15-16H2,1H3,(H2,26,30)(H,31,32,33). The quantitative estimate of drug-likeness (QED) is 0.406. The van der Waals surface area contributed by atoms with Gasteiger partial charge >= 0.3 is 10.1 Å². The minimum atomic E-state index is -4.57. The number of benzene rings is 2. The Balaban J connectivity index is 1.64. The van der Waals surface area contributed by atoms with Gasteiger partial charge in [0.1, 0.15) is 12.4 Å². The smallest absolute Gasteiger partial charge is 0.313 e. The molecule has 1 atom stereocenters. The maximum Gasteiger partial charge on any atom is 0.313 e. The molecule has 2 heterocycles. The number of nitrogens with zero attached hydrogens (tertiary/aromatic N) is 3. The van der Waals surface area contributed by atoms with Crippen molar-refractivity contribution in [3.63, 3.8) is 0 Å². The molecular weight excluding hydrogens is 475 g/mol. The van der Waals surface area contributed by atoms with E-state index in [0.29, 0.717) is 25.4 Å². The predicted octanol–water partition coefficient (Wildman–Crippen LogP) is 2.04. The van der Waals surface area contributed by atoms with Crippen LogP contribution in [0.3, 0.4) is 0 Å². The molecule has 0 spiro atoms. The van der Waals surface area contributed by atoms with E-state index in [-0.39, 0.29) is 11.2 Å². The lowest BCUT2D eigenvalue weighted by atomic mass is 9.69. The molecule has 1 unspecified atom stereocenters. The number of imidazole rings is 1. The van der Waals surface area contributed by atoms with Crippen LogP contribution in [-0.2, 0) is 33.8 Å². The van der Waals surface area contributed by atoms with Crippen LogP contribution < -0.4 is 10.5 Å². The van der Waals surface area contributed by atoms with Crippen molar-refractivity contribution in [3.8, 4) is 5.75 Å². The van der Waals surface area contributed by atoms with Crippen LogP contribution in [0.2, 0.25) is 0 Å². The fraction of sp³-hybridized carbons (Fsp3) is 0.333. The highest BCUT2D eigenvalue weighted by atomic mass is 32.2. The molecule has 1 amide bonds. The van der Waals surface area contributed by atoms with Crippen molar-refractivity contribution in [1.29, 1.82) is 0 Å². The zero-order chi connectivity index (χ0) is 25.2. The first kappa shape index (κ1) is 24.8. The molecule has 2 aromatic carbocycles. The average Bonchev–Trinajstić information content (AvgIpc) is 3.18. The Kier molecular flexibility index (Phi) is 6.93. The first-order chi connectivity index (χ1) is 16.6. The molecule has 0 radical (unpaired) electrons. The summed E-state index contributed by atoms with van der Waals surface area (Å²) < 4.78 is 52.3. The normalized spacial score (nSPS) is 16.4. The van der Waals surface area contributed by atoms with Gasteiger partial charge in [0.15, 0.2) is 5.82 Å². The number of likely N-dealkylation sites (tertiary alicyclic amines) is 1. The third-order valence-corrected chi connectivity index (χ3v) is 6.91. The Hall–Kier alpha value is -3.28. The Labute approximate surface area is 203 Å². The third-order valence-electron chi connectivity index (χ3n) is 6.19. The molecule has 3 N–H and O–H groups in total. The molecule has 1 aliphatic heterocycles. The van der Waals surface area contributed by atoms with Gasteiger partial charge in [-0.05, 0) is 29.7 Å². The number of hydrogen-bond donors (Lipinski definition) is 2. The molecule has 1 aliphatic rings. The highest BCUT2D eigenvalue weighted by Crippen LogP contribution is 2.39. The van der Waals surface area contributed by atoms with Crippen molar-refractivity contribution in [2.24, 2.45) is 12.8 Å². The van der Waals surface area contributed by atoms with Gasteiger partial charge in [-0.15, -0.1) is 0 Å². The van der Waals surface area contributed by atoms with Gasteiger partial charge < -0.3 is 15.0 Å². The van der Waals surface area contributed by atoms with Crippen molar-refractivity contribution in [1.82, 2.24) is 14.5 Å². The van der Waals surface area contributed by atoms with Gasteiger partial charge in [-0.3, -0.25) is 14.2 Å². The molecule has 0 saturated carbocycles. The SMILES string of the molecule is Cn1cc(S(=O)(=O)O)nc1C(Oc1cccc(C2(Cc3ccccc3)CN(CCF)C2)c1)C(N)=O. The summed E-state index contributed by atoms with van der Waals surface area (Å²) in [5.74, 6) is -0.589. The number of alkyl halides is 1. The van der Waals surface area contributed by atoms with Crippen molar-refractivity contribution in [2.45, 2.75) is 23.0 Å². The van der Waals surface area contributed by atoms with Crippen LogP contribution in [0.25, 0.3) is 0 Å². The predicted molar refractivity (Wildman–Crippen MR) is 126 cm³/mol. The van der Waals surface area contributed by atoms with Crippen molar-refractivity contribution in [2.75, 3.05) is 26.3 Å². The Morgan fingerprint density at radius 1 is 1.23 bits per heavy atom. The number of hydrogen-bond acceptors (Lipinski definition) is 6.